The Morgan fingerprint density at radius 1 is 1.22 bits per heavy atom. The average Bonchev–Trinajstić information content (AvgIpc) is 2.71. The lowest BCUT2D eigenvalue weighted by Crippen LogP contribution is -2.39. The highest BCUT2D eigenvalue weighted by Gasteiger charge is 2.36. The number of carbonyl (C=O) groups is 1. The van der Waals surface area contributed by atoms with E-state index >= 15 is 0 Å². The van der Waals surface area contributed by atoms with E-state index in [0.717, 1.165) is 19.1 Å². The van der Waals surface area contributed by atoms with Gasteiger partial charge in [-0.15, -0.1) is 0 Å². The summed E-state index contributed by atoms with van der Waals surface area (Å²) in [5.74, 6) is -0.118. The average molecular weight is 357 g/mol. The molecule has 5 nitrogen and oxygen atoms in total. The van der Waals surface area contributed by atoms with Gasteiger partial charge < -0.3 is 4.90 Å². The molecule has 126 valence electrons. The summed E-state index contributed by atoms with van der Waals surface area (Å²) in [4.78, 5) is 17.0. The van der Waals surface area contributed by atoms with Crippen molar-refractivity contribution in [1.29, 1.82) is 0 Å². The standard InChI is InChI=1S/C16H21ClN2O3S/c1-18-12-4-5-13(18)10-19(8-7-12)16(20)11-3-6-14(17)15(9-11)23(2,21)22/h3,6,9,12-13H,4-5,7-8,10H2,1-2H3. The molecule has 0 N–H and O–H groups in total. The predicted molar refractivity (Wildman–Crippen MR) is 89.7 cm³/mol. The van der Waals surface area contributed by atoms with Gasteiger partial charge in [0.2, 0.25) is 0 Å². The maximum absolute atomic E-state index is 12.8. The molecule has 23 heavy (non-hydrogen) atoms. The van der Waals surface area contributed by atoms with Crippen LogP contribution in [0.15, 0.2) is 23.1 Å². The highest BCUT2D eigenvalue weighted by atomic mass is 35.5. The summed E-state index contributed by atoms with van der Waals surface area (Å²) in [6, 6.07) is 5.43. The lowest BCUT2D eigenvalue weighted by Gasteiger charge is -2.26. The van der Waals surface area contributed by atoms with Gasteiger partial charge >= 0.3 is 0 Å². The molecule has 0 radical (unpaired) electrons. The molecule has 2 aliphatic heterocycles. The molecule has 0 saturated carbocycles. The molecular formula is C16H21ClN2O3S. The van der Waals surface area contributed by atoms with E-state index < -0.39 is 9.84 Å². The number of likely N-dealkylation sites (N-methyl/N-ethyl adjacent to an activating group) is 1. The lowest BCUT2D eigenvalue weighted by atomic mass is 10.1. The van der Waals surface area contributed by atoms with Crippen LogP contribution in [0.3, 0.4) is 0 Å². The molecule has 0 aliphatic carbocycles. The van der Waals surface area contributed by atoms with Gasteiger partial charge in [-0.3, -0.25) is 9.69 Å². The normalized spacial score (nSPS) is 25.4. The first-order chi connectivity index (χ1) is 10.8. The van der Waals surface area contributed by atoms with Crippen molar-refractivity contribution in [3.8, 4) is 0 Å². The molecule has 2 heterocycles. The first-order valence-electron chi connectivity index (χ1n) is 7.78. The molecule has 7 heteroatoms. The largest absolute Gasteiger partial charge is 0.337 e. The van der Waals surface area contributed by atoms with Crippen LogP contribution in [0.5, 0.6) is 0 Å². The summed E-state index contributed by atoms with van der Waals surface area (Å²) in [6.07, 6.45) is 4.37. The Kier molecular flexibility index (Phi) is 4.42. The minimum atomic E-state index is -3.46. The second kappa shape index (κ2) is 6.07. The van der Waals surface area contributed by atoms with Crippen molar-refractivity contribution in [3.63, 3.8) is 0 Å². The molecule has 1 aromatic rings. The van der Waals surface area contributed by atoms with Gasteiger partial charge in [0.1, 0.15) is 0 Å². The summed E-state index contributed by atoms with van der Waals surface area (Å²) in [5, 5.41) is 0.152. The van der Waals surface area contributed by atoms with Crippen molar-refractivity contribution in [2.24, 2.45) is 0 Å². The van der Waals surface area contributed by atoms with Gasteiger partial charge in [0.15, 0.2) is 9.84 Å². The molecule has 2 aliphatic rings. The highest BCUT2D eigenvalue weighted by molar-refractivity contribution is 7.90. The maximum Gasteiger partial charge on any atom is 0.253 e. The molecule has 2 fully saturated rings. The third kappa shape index (κ3) is 3.25. The molecule has 1 amide bonds. The Hall–Kier alpha value is -1.11. The minimum absolute atomic E-state index is 0.0125. The second-order valence-electron chi connectivity index (χ2n) is 6.51. The number of fused-ring (bicyclic) bond motifs is 2. The van der Waals surface area contributed by atoms with Crippen LogP contribution in [0, 0.1) is 0 Å². The summed E-state index contributed by atoms with van der Waals surface area (Å²) >= 11 is 5.96. The third-order valence-electron chi connectivity index (χ3n) is 5.01. The predicted octanol–water partition coefficient (Wildman–Crippen LogP) is 2.05. The van der Waals surface area contributed by atoms with Gasteiger partial charge in [-0.1, -0.05) is 11.6 Å². The van der Waals surface area contributed by atoms with Crippen LogP contribution in [0.1, 0.15) is 29.6 Å². The Morgan fingerprint density at radius 3 is 2.61 bits per heavy atom. The van der Waals surface area contributed by atoms with E-state index in [9.17, 15) is 13.2 Å². The zero-order chi connectivity index (χ0) is 16.8. The summed E-state index contributed by atoms with van der Waals surface area (Å²) in [5.41, 5.74) is 0.384. The van der Waals surface area contributed by atoms with E-state index in [0.29, 0.717) is 30.7 Å². The molecule has 1 aromatic carbocycles. The van der Waals surface area contributed by atoms with E-state index in [1.54, 1.807) is 6.07 Å². The van der Waals surface area contributed by atoms with E-state index in [1.807, 2.05) is 4.90 Å². The fraction of sp³-hybridized carbons (Fsp3) is 0.562. The first-order valence-corrected chi connectivity index (χ1v) is 10.0. The summed E-state index contributed by atoms with van der Waals surface area (Å²) in [6.45, 7) is 1.41. The quantitative estimate of drug-likeness (QED) is 0.813. The number of carbonyl (C=O) groups excluding carboxylic acids is 1. The Balaban J connectivity index is 1.86. The van der Waals surface area contributed by atoms with Crippen molar-refractivity contribution in [2.75, 3.05) is 26.4 Å². The fourth-order valence-corrected chi connectivity index (χ4v) is 4.90. The minimum Gasteiger partial charge on any atom is -0.337 e. The molecule has 2 bridgehead atoms. The van der Waals surface area contributed by atoms with Crippen molar-refractivity contribution < 1.29 is 13.2 Å². The molecule has 3 rings (SSSR count). The van der Waals surface area contributed by atoms with Gasteiger partial charge in [0.25, 0.3) is 5.91 Å². The van der Waals surface area contributed by atoms with Gasteiger partial charge in [-0.2, -0.15) is 0 Å². The lowest BCUT2D eigenvalue weighted by molar-refractivity contribution is 0.0740. The Morgan fingerprint density at radius 2 is 1.91 bits per heavy atom. The van der Waals surface area contributed by atoms with Crippen molar-refractivity contribution in [3.05, 3.63) is 28.8 Å². The molecule has 2 unspecified atom stereocenters. The van der Waals surface area contributed by atoms with E-state index in [-0.39, 0.29) is 15.8 Å². The molecule has 2 atom stereocenters. The number of likely N-dealkylation sites (tertiary alicyclic amines) is 1. The number of benzene rings is 1. The number of halogens is 1. The number of hydrogen-bond acceptors (Lipinski definition) is 4. The number of amides is 1. The van der Waals surface area contributed by atoms with Crippen molar-refractivity contribution in [2.45, 2.75) is 36.2 Å². The van der Waals surface area contributed by atoms with Gasteiger partial charge in [-0.05, 0) is 44.5 Å². The van der Waals surface area contributed by atoms with Crippen LogP contribution in [0.2, 0.25) is 5.02 Å². The van der Waals surface area contributed by atoms with Gasteiger partial charge in [-0.25, -0.2) is 8.42 Å². The monoisotopic (exact) mass is 356 g/mol. The van der Waals surface area contributed by atoms with Crippen LogP contribution >= 0.6 is 11.6 Å². The Labute approximate surface area is 142 Å². The smallest absolute Gasteiger partial charge is 0.253 e. The van der Waals surface area contributed by atoms with Crippen molar-refractivity contribution >= 4 is 27.3 Å². The Bertz CT molecular complexity index is 735. The summed E-state index contributed by atoms with van der Waals surface area (Å²) in [7, 11) is -1.33. The van der Waals surface area contributed by atoms with E-state index in [2.05, 4.69) is 11.9 Å². The fourth-order valence-electron chi connectivity index (χ4n) is 3.60. The second-order valence-corrected chi connectivity index (χ2v) is 8.90. The van der Waals surface area contributed by atoms with Gasteiger partial charge in [0, 0.05) is 37.0 Å². The molecular weight excluding hydrogens is 336 g/mol. The summed E-state index contributed by atoms with van der Waals surface area (Å²) < 4.78 is 23.6. The van der Waals surface area contributed by atoms with Crippen LogP contribution < -0.4 is 0 Å². The molecule has 0 aromatic heterocycles. The van der Waals surface area contributed by atoms with E-state index in [1.165, 1.54) is 18.6 Å². The molecule has 2 saturated heterocycles. The number of rotatable bonds is 2. The van der Waals surface area contributed by atoms with E-state index in [4.69, 9.17) is 11.6 Å². The van der Waals surface area contributed by atoms with Crippen LogP contribution in [0.4, 0.5) is 0 Å². The first kappa shape index (κ1) is 16.7. The highest BCUT2D eigenvalue weighted by Crippen LogP contribution is 2.29. The topological polar surface area (TPSA) is 57.7 Å². The van der Waals surface area contributed by atoms with Crippen LogP contribution in [-0.4, -0.2) is 62.6 Å². The van der Waals surface area contributed by atoms with Gasteiger partial charge in [0.05, 0.1) is 9.92 Å². The number of sulfone groups is 1. The van der Waals surface area contributed by atoms with Crippen LogP contribution in [-0.2, 0) is 9.84 Å². The number of hydrogen-bond donors (Lipinski definition) is 0. The molecule has 0 spiro atoms. The van der Waals surface area contributed by atoms with Crippen LogP contribution in [0.25, 0.3) is 0 Å². The number of nitrogens with zero attached hydrogens (tertiary/aromatic N) is 2. The zero-order valence-corrected chi connectivity index (χ0v) is 14.9. The SMILES string of the molecule is CN1C2CCC1CN(C(=O)c1ccc(Cl)c(S(C)(=O)=O)c1)CC2. The zero-order valence-electron chi connectivity index (χ0n) is 13.3. The van der Waals surface area contributed by atoms with Crippen molar-refractivity contribution in [1.82, 2.24) is 9.80 Å². The maximum atomic E-state index is 12.8. The third-order valence-corrected chi connectivity index (χ3v) is 6.59.